The molecule has 0 atom stereocenters. The van der Waals surface area contributed by atoms with Crippen LogP contribution in [-0.4, -0.2) is 25.2 Å². The third-order valence-corrected chi connectivity index (χ3v) is 6.01. The standard InChI is InChI=1S/C21H19ClN2O4S/c1-14-6-5-9-16(10-14)29(27,28)13-21(26)24-18-12-20(25)19(11-17(18)22)23-15-7-3-2-4-8-15/h2-12,23,25H,13H2,1H3,(H,24,26). The molecule has 3 rings (SSSR count). The SMILES string of the molecule is Cc1cccc(S(=O)(=O)CC(=O)Nc2cc(O)c(Nc3ccccc3)cc2Cl)c1. The molecule has 0 aliphatic rings. The number of anilines is 3. The molecule has 0 unspecified atom stereocenters. The van der Waals surface area contributed by atoms with Crippen molar-refractivity contribution < 1.29 is 18.3 Å². The first-order chi connectivity index (χ1) is 13.7. The Hall–Kier alpha value is -3.03. The number of aromatic hydroxyl groups is 1. The number of sulfone groups is 1. The molecule has 0 radical (unpaired) electrons. The van der Waals surface area contributed by atoms with Crippen LogP contribution in [0.15, 0.2) is 71.6 Å². The zero-order valence-corrected chi connectivity index (χ0v) is 17.1. The van der Waals surface area contributed by atoms with Gasteiger partial charge in [0.05, 0.1) is 21.3 Å². The van der Waals surface area contributed by atoms with Crippen LogP contribution in [0, 0.1) is 6.92 Å². The Morgan fingerprint density at radius 2 is 1.72 bits per heavy atom. The zero-order valence-electron chi connectivity index (χ0n) is 15.5. The van der Waals surface area contributed by atoms with Crippen LogP contribution in [-0.2, 0) is 14.6 Å². The van der Waals surface area contributed by atoms with E-state index in [1.807, 2.05) is 30.3 Å². The average Bonchev–Trinajstić information content (AvgIpc) is 2.66. The van der Waals surface area contributed by atoms with Crippen molar-refractivity contribution in [2.45, 2.75) is 11.8 Å². The number of amides is 1. The molecule has 8 heteroatoms. The molecule has 0 saturated carbocycles. The first-order valence-corrected chi connectivity index (χ1v) is 10.7. The molecule has 0 bridgehead atoms. The highest BCUT2D eigenvalue weighted by atomic mass is 35.5. The van der Waals surface area contributed by atoms with E-state index in [-0.39, 0.29) is 21.4 Å². The van der Waals surface area contributed by atoms with Gasteiger partial charge < -0.3 is 15.7 Å². The molecule has 3 N–H and O–H groups in total. The second-order valence-electron chi connectivity index (χ2n) is 6.46. The summed E-state index contributed by atoms with van der Waals surface area (Å²) in [5.74, 6) is -1.64. The lowest BCUT2D eigenvalue weighted by atomic mass is 10.2. The van der Waals surface area contributed by atoms with Gasteiger partial charge in [0.25, 0.3) is 0 Å². The maximum atomic E-state index is 12.4. The third kappa shape index (κ3) is 5.28. The number of carbonyl (C=O) groups is 1. The topological polar surface area (TPSA) is 95.5 Å². The number of para-hydroxylation sites is 1. The minimum atomic E-state index is -3.80. The highest BCUT2D eigenvalue weighted by molar-refractivity contribution is 7.92. The Morgan fingerprint density at radius 3 is 2.41 bits per heavy atom. The summed E-state index contributed by atoms with van der Waals surface area (Å²) < 4.78 is 24.9. The lowest BCUT2D eigenvalue weighted by molar-refractivity contribution is -0.113. The number of hydrogen-bond donors (Lipinski definition) is 3. The summed E-state index contributed by atoms with van der Waals surface area (Å²) in [6.45, 7) is 1.77. The van der Waals surface area contributed by atoms with E-state index >= 15 is 0 Å². The van der Waals surface area contributed by atoms with Gasteiger partial charge in [-0.2, -0.15) is 0 Å². The molecule has 0 fully saturated rings. The molecule has 0 aliphatic carbocycles. The van der Waals surface area contributed by atoms with E-state index < -0.39 is 21.5 Å². The van der Waals surface area contributed by atoms with E-state index in [0.29, 0.717) is 5.69 Å². The fourth-order valence-corrected chi connectivity index (χ4v) is 4.13. The normalized spacial score (nSPS) is 11.1. The number of benzene rings is 3. The van der Waals surface area contributed by atoms with Gasteiger partial charge in [-0.25, -0.2) is 8.42 Å². The van der Waals surface area contributed by atoms with Gasteiger partial charge in [0.2, 0.25) is 5.91 Å². The maximum Gasteiger partial charge on any atom is 0.240 e. The Labute approximate surface area is 174 Å². The van der Waals surface area contributed by atoms with Crippen LogP contribution in [0.1, 0.15) is 5.56 Å². The number of phenols is 1. The van der Waals surface area contributed by atoms with Gasteiger partial charge in [0.1, 0.15) is 11.5 Å². The van der Waals surface area contributed by atoms with E-state index in [1.54, 1.807) is 19.1 Å². The number of rotatable bonds is 6. The lowest BCUT2D eigenvalue weighted by Gasteiger charge is -2.13. The van der Waals surface area contributed by atoms with Crippen molar-refractivity contribution in [1.82, 2.24) is 0 Å². The largest absolute Gasteiger partial charge is 0.506 e. The van der Waals surface area contributed by atoms with Crippen LogP contribution in [0.5, 0.6) is 5.75 Å². The average molecular weight is 431 g/mol. The van der Waals surface area contributed by atoms with E-state index in [4.69, 9.17) is 11.6 Å². The molecule has 3 aromatic rings. The molecule has 150 valence electrons. The lowest BCUT2D eigenvalue weighted by Crippen LogP contribution is -2.23. The number of phenolic OH excluding ortho intramolecular Hbond substituents is 1. The fourth-order valence-electron chi connectivity index (χ4n) is 2.69. The van der Waals surface area contributed by atoms with Crippen molar-refractivity contribution >= 4 is 44.4 Å². The predicted octanol–water partition coefficient (Wildman–Crippen LogP) is 4.51. The van der Waals surface area contributed by atoms with E-state index in [1.165, 1.54) is 24.3 Å². The van der Waals surface area contributed by atoms with Gasteiger partial charge in [-0.3, -0.25) is 4.79 Å². The molecule has 0 saturated heterocycles. The Kier molecular flexibility index (Phi) is 6.10. The van der Waals surface area contributed by atoms with Crippen LogP contribution in [0.25, 0.3) is 0 Å². The molecule has 1 amide bonds. The van der Waals surface area contributed by atoms with Crippen LogP contribution in [0.2, 0.25) is 5.02 Å². The molecule has 0 heterocycles. The summed E-state index contributed by atoms with van der Waals surface area (Å²) in [4.78, 5) is 12.4. The van der Waals surface area contributed by atoms with Gasteiger partial charge in [0, 0.05) is 11.8 Å². The molecule has 0 aliphatic heterocycles. The highest BCUT2D eigenvalue weighted by Crippen LogP contribution is 2.35. The maximum absolute atomic E-state index is 12.4. The molecule has 3 aromatic carbocycles. The van der Waals surface area contributed by atoms with E-state index in [9.17, 15) is 18.3 Å². The number of carbonyl (C=O) groups excluding carboxylic acids is 1. The van der Waals surface area contributed by atoms with Gasteiger partial charge in [-0.15, -0.1) is 0 Å². The molecule has 6 nitrogen and oxygen atoms in total. The van der Waals surface area contributed by atoms with Crippen LogP contribution < -0.4 is 10.6 Å². The van der Waals surface area contributed by atoms with E-state index in [0.717, 1.165) is 11.3 Å². The van der Waals surface area contributed by atoms with E-state index in [2.05, 4.69) is 10.6 Å². The zero-order chi connectivity index (χ0) is 21.0. The minimum Gasteiger partial charge on any atom is -0.506 e. The van der Waals surface area contributed by atoms with Crippen molar-refractivity contribution in [2.24, 2.45) is 0 Å². The predicted molar refractivity (Wildman–Crippen MR) is 115 cm³/mol. The minimum absolute atomic E-state index is 0.0732. The van der Waals surface area contributed by atoms with Crippen LogP contribution in [0.3, 0.4) is 0 Å². The quantitative estimate of drug-likeness (QED) is 0.500. The number of halogens is 1. The Morgan fingerprint density at radius 1 is 1.00 bits per heavy atom. The summed E-state index contributed by atoms with van der Waals surface area (Å²) in [6.07, 6.45) is 0. The van der Waals surface area contributed by atoms with Crippen molar-refractivity contribution in [3.63, 3.8) is 0 Å². The van der Waals surface area contributed by atoms with Gasteiger partial charge in [0.15, 0.2) is 9.84 Å². The van der Waals surface area contributed by atoms with Crippen molar-refractivity contribution in [3.05, 3.63) is 77.3 Å². The first kappa shape index (κ1) is 20.7. The second-order valence-corrected chi connectivity index (χ2v) is 8.86. The van der Waals surface area contributed by atoms with Crippen molar-refractivity contribution in [3.8, 4) is 5.75 Å². The summed E-state index contributed by atoms with van der Waals surface area (Å²) in [5, 5.41) is 15.9. The smallest absolute Gasteiger partial charge is 0.240 e. The summed E-state index contributed by atoms with van der Waals surface area (Å²) in [7, 11) is -3.80. The monoisotopic (exact) mass is 430 g/mol. The van der Waals surface area contributed by atoms with Gasteiger partial charge in [-0.1, -0.05) is 41.9 Å². The third-order valence-electron chi connectivity index (χ3n) is 4.08. The fraction of sp³-hybridized carbons (Fsp3) is 0.0952. The molecule has 0 spiro atoms. The number of aryl methyl sites for hydroxylation is 1. The molecule has 0 aromatic heterocycles. The number of hydrogen-bond acceptors (Lipinski definition) is 5. The van der Waals surface area contributed by atoms with Gasteiger partial charge >= 0.3 is 0 Å². The first-order valence-electron chi connectivity index (χ1n) is 8.68. The summed E-state index contributed by atoms with van der Waals surface area (Å²) >= 11 is 6.21. The molecule has 29 heavy (non-hydrogen) atoms. The van der Waals surface area contributed by atoms with Crippen LogP contribution >= 0.6 is 11.6 Å². The van der Waals surface area contributed by atoms with Crippen LogP contribution in [0.4, 0.5) is 17.1 Å². The van der Waals surface area contributed by atoms with Crippen molar-refractivity contribution in [2.75, 3.05) is 16.4 Å². The second kappa shape index (κ2) is 8.55. The molecular weight excluding hydrogens is 412 g/mol. The highest BCUT2D eigenvalue weighted by Gasteiger charge is 2.20. The van der Waals surface area contributed by atoms with Gasteiger partial charge in [-0.05, 0) is 42.8 Å². The Balaban J connectivity index is 1.74. The Bertz CT molecular complexity index is 1150. The molecular formula is C21H19ClN2O4S. The summed E-state index contributed by atoms with van der Waals surface area (Å²) in [6, 6.07) is 18.2. The summed E-state index contributed by atoms with van der Waals surface area (Å²) in [5.41, 5.74) is 2.00. The number of nitrogens with one attached hydrogen (secondary N) is 2. The van der Waals surface area contributed by atoms with Crippen molar-refractivity contribution in [1.29, 1.82) is 0 Å².